The number of amides is 1. The molecule has 3 nitrogen and oxygen atoms in total. The van der Waals surface area contributed by atoms with Crippen LogP contribution in [0.5, 0.6) is 0 Å². The number of hydrogen-bond acceptors (Lipinski definition) is 2. The van der Waals surface area contributed by atoms with Crippen LogP contribution in [-0.4, -0.2) is 11.9 Å². The van der Waals surface area contributed by atoms with E-state index >= 15 is 0 Å². The molecule has 1 aliphatic carbocycles. The van der Waals surface area contributed by atoms with Crippen LogP contribution in [0.2, 0.25) is 0 Å². The number of carbonyl (C=O) groups is 1. The van der Waals surface area contributed by atoms with Gasteiger partial charge in [-0.15, -0.1) is 0 Å². The predicted molar refractivity (Wildman–Crippen MR) is 76.5 cm³/mol. The lowest BCUT2D eigenvalue weighted by Gasteiger charge is -2.20. The third-order valence-corrected chi connectivity index (χ3v) is 3.96. The summed E-state index contributed by atoms with van der Waals surface area (Å²) < 4.78 is 1.16. The molecule has 1 aromatic carbocycles. The van der Waals surface area contributed by atoms with E-state index in [-0.39, 0.29) is 11.9 Å². The van der Waals surface area contributed by atoms with E-state index < -0.39 is 0 Å². The number of hydrogen-bond donors (Lipinski definition) is 2. The molecule has 0 heterocycles. The SMILES string of the molecule is NC(=O)C(NC1CCCC1)c1ccc(I)cc1. The molecule has 1 saturated carbocycles. The number of benzene rings is 1. The summed E-state index contributed by atoms with van der Waals surface area (Å²) in [5.74, 6) is -0.293. The molecule has 1 aromatic rings. The molecule has 0 bridgehead atoms. The summed E-state index contributed by atoms with van der Waals surface area (Å²) in [6.07, 6.45) is 4.79. The van der Waals surface area contributed by atoms with E-state index in [4.69, 9.17) is 5.73 Å². The van der Waals surface area contributed by atoms with Gasteiger partial charge in [0.15, 0.2) is 0 Å². The fourth-order valence-electron chi connectivity index (χ4n) is 2.33. The number of primary amides is 1. The van der Waals surface area contributed by atoms with E-state index in [1.807, 2.05) is 24.3 Å². The molecule has 1 amide bonds. The zero-order valence-electron chi connectivity index (χ0n) is 9.66. The fourth-order valence-corrected chi connectivity index (χ4v) is 2.69. The molecule has 0 spiro atoms. The van der Waals surface area contributed by atoms with Gasteiger partial charge in [-0.1, -0.05) is 25.0 Å². The van der Waals surface area contributed by atoms with Crippen LogP contribution in [0.1, 0.15) is 37.3 Å². The van der Waals surface area contributed by atoms with Gasteiger partial charge in [0.25, 0.3) is 0 Å². The molecule has 1 aliphatic rings. The fraction of sp³-hybridized carbons (Fsp3) is 0.462. The van der Waals surface area contributed by atoms with Gasteiger partial charge in [0.2, 0.25) is 5.91 Å². The second-order valence-corrected chi connectivity index (χ2v) is 5.78. The molecule has 0 aromatic heterocycles. The second-order valence-electron chi connectivity index (χ2n) is 4.53. The van der Waals surface area contributed by atoms with Crippen molar-refractivity contribution in [2.45, 2.75) is 37.8 Å². The first-order chi connectivity index (χ1) is 8.16. The monoisotopic (exact) mass is 344 g/mol. The number of carbonyl (C=O) groups excluding carboxylic acids is 1. The van der Waals surface area contributed by atoms with Gasteiger partial charge in [-0.3, -0.25) is 10.1 Å². The molecular formula is C13H17IN2O. The average Bonchev–Trinajstić information content (AvgIpc) is 2.80. The molecule has 4 heteroatoms. The van der Waals surface area contributed by atoms with Gasteiger partial charge in [-0.25, -0.2) is 0 Å². The Bertz CT molecular complexity index is 385. The van der Waals surface area contributed by atoms with Gasteiger partial charge in [0.1, 0.15) is 6.04 Å². The summed E-state index contributed by atoms with van der Waals surface area (Å²) in [5.41, 5.74) is 6.44. The summed E-state index contributed by atoms with van der Waals surface area (Å²) in [7, 11) is 0. The van der Waals surface area contributed by atoms with Gasteiger partial charge in [0, 0.05) is 9.61 Å². The Hall–Kier alpha value is -0.620. The number of nitrogens with two attached hydrogens (primary N) is 1. The van der Waals surface area contributed by atoms with E-state index in [2.05, 4.69) is 27.9 Å². The Morgan fingerprint density at radius 2 is 1.88 bits per heavy atom. The van der Waals surface area contributed by atoms with Crippen molar-refractivity contribution in [1.82, 2.24) is 5.32 Å². The Morgan fingerprint density at radius 3 is 2.41 bits per heavy atom. The van der Waals surface area contributed by atoms with Gasteiger partial charge in [-0.2, -0.15) is 0 Å². The largest absolute Gasteiger partial charge is 0.368 e. The summed E-state index contributed by atoms with van der Waals surface area (Å²) in [6, 6.07) is 8.03. The van der Waals surface area contributed by atoms with Crippen molar-refractivity contribution >= 4 is 28.5 Å². The van der Waals surface area contributed by atoms with Crippen LogP contribution in [0.25, 0.3) is 0 Å². The van der Waals surface area contributed by atoms with Gasteiger partial charge < -0.3 is 5.73 Å². The Morgan fingerprint density at radius 1 is 1.29 bits per heavy atom. The van der Waals surface area contributed by atoms with E-state index in [9.17, 15) is 4.79 Å². The molecule has 92 valence electrons. The number of rotatable bonds is 4. The molecule has 1 atom stereocenters. The second kappa shape index (κ2) is 5.82. The molecule has 1 fully saturated rings. The molecular weight excluding hydrogens is 327 g/mol. The summed E-state index contributed by atoms with van der Waals surface area (Å²) in [5, 5.41) is 3.37. The normalized spacial score (nSPS) is 18.2. The Kier molecular flexibility index (Phi) is 4.39. The quantitative estimate of drug-likeness (QED) is 0.824. The van der Waals surface area contributed by atoms with Crippen LogP contribution >= 0.6 is 22.6 Å². The zero-order valence-corrected chi connectivity index (χ0v) is 11.8. The minimum atomic E-state index is -0.352. The topological polar surface area (TPSA) is 55.1 Å². The summed E-state index contributed by atoms with van der Waals surface area (Å²) in [4.78, 5) is 11.5. The van der Waals surface area contributed by atoms with Crippen LogP contribution in [0.3, 0.4) is 0 Å². The molecule has 0 saturated heterocycles. The van der Waals surface area contributed by atoms with Crippen molar-refractivity contribution < 1.29 is 4.79 Å². The highest BCUT2D eigenvalue weighted by atomic mass is 127. The number of halogens is 1. The lowest BCUT2D eigenvalue weighted by Crippen LogP contribution is -2.38. The van der Waals surface area contributed by atoms with Crippen molar-refractivity contribution in [3.8, 4) is 0 Å². The maximum Gasteiger partial charge on any atom is 0.239 e. The standard InChI is InChI=1S/C13H17IN2O/c14-10-7-5-9(6-8-10)12(13(15)17)16-11-3-1-2-4-11/h5-8,11-12,16H,1-4H2,(H2,15,17). The zero-order chi connectivity index (χ0) is 12.3. The predicted octanol–water partition coefficient (Wildman–Crippen LogP) is 2.35. The lowest BCUT2D eigenvalue weighted by molar-refractivity contribution is -0.120. The molecule has 3 N–H and O–H groups in total. The van der Waals surface area contributed by atoms with E-state index in [0.29, 0.717) is 6.04 Å². The van der Waals surface area contributed by atoms with Crippen LogP contribution in [0, 0.1) is 3.57 Å². The van der Waals surface area contributed by atoms with E-state index in [1.54, 1.807) is 0 Å². The molecule has 2 rings (SSSR count). The average molecular weight is 344 g/mol. The van der Waals surface area contributed by atoms with E-state index in [0.717, 1.165) is 22.0 Å². The van der Waals surface area contributed by atoms with Crippen molar-refractivity contribution in [1.29, 1.82) is 0 Å². The van der Waals surface area contributed by atoms with Crippen LogP contribution in [0.4, 0.5) is 0 Å². The smallest absolute Gasteiger partial charge is 0.239 e. The van der Waals surface area contributed by atoms with Crippen molar-refractivity contribution in [2.75, 3.05) is 0 Å². The Balaban J connectivity index is 2.10. The van der Waals surface area contributed by atoms with E-state index in [1.165, 1.54) is 12.8 Å². The van der Waals surface area contributed by atoms with Crippen LogP contribution < -0.4 is 11.1 Å². The lowest BCUT2D eigenvalue weighted by atomic mass is 10.0. The van der Waals surface area contributed by atoms with Crippen molar-refractivity contribution in [3.63, 3.8) is 0 Å². The first-order valence-corrected chi connectivity index (χ1v) is 7.05. The third-order valence-electron chi connectivity index (χ3n) is 3.25. The molecule has 17 heavy (non-hydrogen) atoms. The van der Waals surface area contributed by atoms with Gasteiger partial charge in [-0.05, 0) is 53.1 Å². The highest BCUT2D eigenvalue weighted by Gasteiger charge is 2.23. The summed E-state index contributed by atoms with van der Waals surface area (Å²) >= 11 is 2.25. The maximum absolute atomic E-state index is 11.5. The van der Waals surface area contributed by atoms with Crippen LogP contribution in [-0.2, 0) is 4.79 Å². The van der Waals surface area contributed by atoms with Crippen molar-refractivity contribution in [2.24, 2.45) is 5.73 Å². The molecule has 1 unspecified atom stereocenters. The minimum absolute atomic E-state index is 0.293. The first-order valence-electron chi connectivity index (χ1n) is 5.97. The molecule has 0 aliphatic heterocycles. The van der Waals surface area contributed by atoms with Gasteiger partial charge in [0.05, 0.1) is 0 Å². The number of nitrogens with one attached hydrogen (secondary N) is 1. The maximum atomic E-state index is 11.5. The third kappa shape index (κ3) is 3.42. The van der Waals surface area contributed by atoms with Crippen molar-refractivity contribution in [3.05, 3.63) is 33.4 Å². The highest BCUT2D eigenvalue weighted by Crippen LogP contribution is 2.22. The van der Waals surface area contributed by atoms with Crippen LogP contribution in [0.15, 0.2) is 24.3 Å². The summed E-state index contributed by atoms with van der Waals surface area (Å²) in [6.45, 7) is 0. The Labute approximate surface area is 115 Å². The van der Waals surface area contributed by atoms with Gasteiger partial charge >= 0.3 is 0 Å². The highest BCUT2D eigenvalue weighted by molar-refractivity contribution is 14.1. The first kappa shape index (κ1) is 12.8. The minimum Gasteiger partial charge on any atom is -0.368 e. The molecule has 0 radical (unpaired) electrons.